The molecule has 3 aromatic rings. The second-order valence-electron chi connectivity index (χ2n) is 7.54. The van der Waals surface area contributed by atoms with Gasteiger partial charge in [0, 0.05) is 24.5 Å². The molecule has 1 N–H and O–H groups in total. The standard InChI is InChI=1S/C22H26N6O2S/c1-15-4-7-20(14-16(15)2)28-22(24-25-26-28)31-17(3)21(29)23-18-5-8-19(9-6-18)27-10-12-30-13-11-27/h4-9,14,17H,10-13H2,1-3H3,(H,23,29). The monoisotopic (exact) mass is 438 g/mol. The summed E-state index contributed by atoms with van der Waals surface area (Å²) in [4.78, 5) is 15.0. The van der Waals surface area contributed by atoms with E-state index in [9.17, 15) is 4.79 Å². The van der Waals surface area contributed by atoms with Crippen LogP contribution in [0.2, 0.25) is 0 Å². The van der Waals surface area contributed by atoms with Crippen molar-refractivity contribution in [2.24, 2.45) is 0 Å². The molecule has 1 saturated heterocycles. The number of ether oxygens (including phenoxy) is 1. The van der Waals surface area contributed by atoms with Crippen LogP contribution in [0, 0.1) is 13.8 Å². The van der Waals surface area contributed by atoms with Gasteiger partial charge in [-0.2, -0.15) is 4.68 Å². The number of benzene rings is 2. The molecule has 1 amide bonds. The highest BCUT2D eigenvalue weighted by Crippen LogP contribution is 2.25. The zero-order chi connectivity index (χ0) is 21.8. The molecule has 1 fully saturated rings. The van der Waals surface area contributed by atoms with Crippen LogP contribution in [0.5, 0.6) is 0 Å². The Hall–Kier alpha value is -2.91. The summed E-state index contributed by atoms with van der Waals surface area (Å²) in [7, 11) is 0. The van der Waals surface area contributed by atoms with E-state index < -0.39 is 0 Å². The average molecular weight is 439 g/mol. The summed E-state index contributed by atoms with van der Waals surface area (Å²) < 4.78 is 7.06. The van der Waals surface area contributed by atoms with Crippen LogP contribution in [-0.2, 0) is 9.53 Å². The highest BCUT2D eigenvalue weighted by atomic mass is 32.2. The minimum atomic E-state index is -0.366. The van der Waals surface area contributed by atoms with E-state index >= 15 is 0 Å². The van der Waals surface area contributed by atoms with Gasteiger partial charge in [0.1, 0.15) is 0 Å². The number of anilines is 2. The van der Waals surface area contributed by atoms with Gasteiger partial charge in [0.15, 0.2) is 0 Å². The van der Waals surface area contributed by atoms with Gasteiger partial charge < -0.3 is 15.0 Å². The van der Waals surface area contributed by atoms with E-state index in [-0.39, 0.29) is 11.2 Å². The number of carbonyl (C=O) groups is 1. The lowest BCUT2D eigenvalue weighted by Gasteiger charge is -2.28. The van der Waals surface area contributed by atoms with E-state index in [0.717, 1.165) is 48.9 Å². The smallest absolute Gasteiger partial charge is 0.237 e. The normalized spacial score (nSPS) is 15.0. The molecule has 1 unspecified atom stereocenters. The Morgan fingerprint density at radius 3 is 2.48 bits per heavy atom. The Labute approximate surface area is 186 Å². The van der Waals surface area contributed by atoms with Crippen LogP contribution in [0.25, 0.3) is 5.69 Å². The second-order valence-corrected chi connectivity index (χ2v) is 8.85. The third kappa shape index (κ3) is 5.05. The van der Waals surface area contributed by atoms with Gasteiger partial charge in [0.2, 0.25) is 11.1 Å². The number of aryl methyl sites for hydroxylation is 2. The van der Waals surface area contributed by atoms with Gasteiger partial charge in [-0.3, -0.25) is 4.79 Å². The minimum Gasteiger partial charge on any atom is -0.378 e. The fourth-order valence-electron chi connectivity index (χ4n) is 3.30. The first-order valence-corrected chi connectivity index (χ1v) is 11.2. The number of thioether (sulfide) groups is 1. The molecule has 0 aliphatic carbocycles. The number of nitrogens with zero attached hydrogens (tertiary/aromatic N) is 5. The maximum Gasteiger partial charge on any atom is 0.237 e. The van der Waals surface area contributed by atoms with Gasteiger partial charge in [0.25, 0.3) is 0 Å². The van der Waals surface area contributed by atoms with Crippen molar-refractivity contribution in [3.8, 4) is 5.69 Å². The van der Waals surface area contributed by atoms with Crippen LogP contribution in [0.15, 0.2) is 47.6 Å². The third-order valence-electron chi connectivity index (χ3n) is 5.34. The minimum absolute atomic E-state index is 0.0984. The van der Waals surface area contributed by atoms with E-state index in [1.54, 1.807) is 4.68 Å². The Morgan fingerprint density at radius 1 is 1.06 bits per heavy atom. The lowest BCUT2D eigenvalue weighted by molar-refractivity contribution is -0.115. The van der Waals surface area contributed by atoms with E-state index in [1.807, 2.05) is 49.4 Å². The average Bonchev–Trinajstić information content (AvgIpc) is 3.25. The third-order valence-corrected chi connectivity index (χ3v) is 6.37. The first kappa shape index (κ1) is 21.3. The van der Waals surface area contributed by atoms with Crippen LogP contribution in [-0.4, -0.2) is 57.7 Å². The van der Waals surface area contributed by atoms with Gasteiger partial charge in [-0.05, 0) is 78.7 Å². The van der Waals surface area contributed by atoms with Crippen molar-refractivity contribution >= 4 is 29.0 Å². The Kier molecular flexibility index (Phi) is 6.53. The number of aromatic nitrogens is 4. The number of amides is 1. The number of tetrazole rings is 1. The largest absolute Gasteiger partial charge is 0.378 e. The van der Waals surface area contributed by atoms with Crippen molar-refractivity contribution in [2.75, 3.05) is 36.5 Å². The van der Waals surface area contributed by atoms with E-state index in [2.05, 4.69) is 39.6 Å². The molecular weight excluding hydrogens is 412 g/mol. The summed E-state index contributed by atoms with van der Waals surface area (Å²) in [6, 6.07) is 14.0. The molecule has 2 aromatic carbocycles. The summed E-state index contributed by atoms with van der Waals surface area (Å²) in [6.45, 7) is 9.22. The summed E-state index contributed by atoms with van der Waals surface area (Å²) in [5.74, 6) is -0.0984. The van der Waals surface area contributed by atoms with Gasteiger partial charge >= 0.3 is 0 Å². The van der Waals surface area contributed by atoms with Gasteiger partial charge in [-0.25, -0.2) is 0 Å². The highest BCUT2D eigenvalue weighted by Gasteiger charge is 2.20. The number of hydrogen-bond acceptors (Lipinski definition) is 7. The molecule has 8 nitrogen and oxygen atoms in total. The summed E-state index contributed by atoms with van der Waals surface area (Å²) in [5.41, 5.74) is 5.15. The Bertz CT molecular complexity index is 1050. The quantitative estimate of drug-likeness (QED) is 0.592. The SMILES string of the molecule is Cc1ccc(-n2nnnc2SC(C)C(=O)Nc2ccc(N3CCOCC3)cc2)cc1C. The van der Waals surface area contributed by atoms with Crippen molar-refractivity contribution < 1.29 is 9.53 Å². The first-order chi connectivity index (χ1) is 15.0. The van der Waals surface area contributed by atoms with Crippen LogP contribution in [0.1, 0.15) is 18.1 Å². The molecule has 0 saturated carbocycles. The van der Waals surface area contributed by atoms with E-state index in [0.29, 0.717) is 5.16 Å². The zero-order valence-corrected chi connectivity index (χ0v) is 18.7. The molecule has 0 spiro atoms. The Balaban J connectivity index is 1.39. The predicted molar refractivity (Wildman–Crippen MR) is 122 cm³/mol. The number of morpholine rings is 1. The van der Waals surface area contributed by atoms with E-state index in [1.165, 1.54) is 17.3 Å². The number of carbonyl (C=O) groups excluding carboxylic acids is 1. The topological polar surface area (TPSA) is 85.2 Å². The van der Waals surface area contributed by atoms with Crippen LogP contribution in [0.3, 0.4) is 0 Å². The fraction of sp³-hybridized carbons (Fsp3) is 0.364. The summed E-state index contributed by atoms with van der Waals surface area (Å²) >= 11 is 1.33. The molecular formula is C22H26N6O2S. The number of rotatable bonds is 6. The molecule has 162 valence electrons. The predicted octanol–water partition coefficient (Wildman–Crippen LogP) is 3.24. The Morgan fingerprint density at radius 2 is 1.77 bits per heavy atom. The molecule has 31 heavy (non-hydrogen) atoms. The number of nitrogens with one attached hydrogen (secondary N) is 1. The first-order valence-electron chi connectivity index (χ1n) is 10.3. The molecule has 0 bridgehead atoms. The molecule has 1 aliphatic rings. The van der Waals surface area contributed by atoms with Crippen molar-refractivity contribution in [3.05, 3.63) is 53.6 Å². The van der Waals surface area contributed by atoms with Gasteiger partial charge in [0.05, 0.1) is 24.2 Å². The number of hydrogen-bond donors (Lipinski definition) is 1. The van der Waals surface area contributed by atoms with Crippen molar-refractivity contribution in [1.29, 1.82) is 0 Å². The summed E-state index contributed by atoms with van der Waals surface area (Å²) in [6.07, 6.45) is 0. The molecule has 1 atom stereocenters. The molecule has 1 aliphatic heterocycles. The van der Waals surface area contributed by atoms with Crippen molar-refractivity contribution in [2.45, 2.75) is 31.2 Å². The van der Waals surface area contributed by atoms with Crippen LogP contribution >= 0.6 is 11.8 Å². The van der Waals surface area contributed by atoms with Crippen molar-refractivity contribution in [3.63, 3.8) is 0 Å². The summed E-state index contributed by atoms with van der Waals surface area (Å²) in [5, 5.41) is 15.2. The lowest BCUT2D eigenvalue weighted by Crippen LogP contribution is -2.36. The fourth-order valence-corrected chi connectivity index (χ4v) is 4.11. The lowest BCUT2D eigenvalue weighted by atomic mass is 10.1. The van der Waals surface area contributed by atoms with Gasteiger partial charge in [-0.15, -0.1) is 5.10 Å². The maximum atomic E-state index is 12.7. The van der Waals surface area contributed by atoms with E-state index in [4.69, 9.17) is 4.74 Å². The molecule has 1 aromatic heterocycles. The maximum absolute atomic E-state index is 12.7. The van der Waals surface area contributed by atoms with Crippen LogP contribution < -0.4 is 10.2 Å². The zero-order valence-electron chi connectivity index (χ0n) is 17.9. The molecule has 2 heterocycles. The highest BCUT2D eigenvalue weighted by molar-refractivity contribution is 8.00. The second kappa shape index (κ2) is 9.49. The van der Waals surface area contributed by atoms with Gasteiger partial charge in [-0.1, -0.05) is 17.8 Å². The van der Waals surface area contributed by atoms with Crippen molar-refractivity contribution in [1.82, 2.24) is 20.2 Å². The molecule has 9 heteroatoms. The van der Waals surface area contributed by atoms with Crippen LogP contribution in [0.4, 0.5) is 11.4 Å². The molecule has 0 radical (unpaired) electrons. The molecule has 4 rings (SSSR count).